The van der Waals surface area contributed by atoms with Crippen LogP contribution in [-0.4, -0.2) is 34.2 Å². The molecule has 0 aromatic heterocycles. The van der Waals surface area contributed by atoms with E-state index in [2.05, 4.69) is 5.32 Å². The molecule has 0 radical (unpaired) electrons. The molecule has 0 atom stereocenters. The largest absolute Gasteiger partial charge is 0.497 e. The number of carbonyl (C=O) groups excluding carboxylic acids is 1. The molecule has 32 heavy (non-hydrogen) atoms. The number of benzene rings is 3. The molecule has 0 aliphatic heterocycles. The van der Waals surface area contributed by atoms with Crippen molar-refractivity contribution >= 4 is 21.6 Å². The second kappa shape index (κ2) is 10.3. The van der Waals surface area contributed by atoms with Gasteiger partial charge in [0.15, 0.2) is 0 Å². The van der Waals surface area contributed by atoms with Crippen molar-refractivity contribution in [2.45, 2.75) is 13.0 Å². The van der Waals surface area contributed by atoms with Crippen LogP contribution < -0.4 is 14.4 Å². The minimum atomic E-state index is -3.53. The van der Waals surface area contributed by atoms with Gasteiger partial charge in [-0.1, -0.05) is 30.3 Å². The van der Waals surface area contributed by atoms with Gasteiger partial charge in [-0.25, -0.2) is 12.8 Å². The number of anilines is 1. The van der Waals surface area contributed by atoms with E-state index in [1.165, 1.54) is 23.5 Å². The molecule has 6 nitrogen and oxygen atoms in total. The molecule has 0 spiro atoms. The van der Waals surface area contributed by atoms with Crippen molar-refractivity contribution in [1.29, 1.82) is 0 Å². The highest BCUT2D eigenvalue weighted by atomic mass is 32.2. The Balaban J connectivity index is 1.64. The summed E-state index contributed by atoms with van der Waals surface area (Å²) < 4.78 is 44.2. The van der Waals surface area contributed by atoms with E-state index in [4.69, 9.17) is 4.74 Å². The highest BCUT2D eigenvalue weighted by Crippen LogP contribution is 2.25. The van der Waals surface area contributed by atoms with Gasteiger partial charge in [-0.15, -0.1) is 0 Å². The fourth-order valence-electron chi connectivity index (χ4n) is 3.17. The lowest BCUT2D eigenvalue weighted by Gasteiger charge is -2.23. The minimum Gasteiger partial charge on any atom is -0.497 e. The van der Waals surface area contributed by atoms with E-state index in [1.54, 1.807) is 60.7 Å². The van der Waals surface area contributed by atoms with Crippen LogP contribution in [0.1, 0.15) is 21.5 Å². The summed E-state index contributed by atoms with van der Waals surface area (Å²) in [5, 5.41) is 2.83. The van der Waals surface area contributed by atoms with E-state index < -0.39 is 10.0 Å². The fourth-order valence-corrected chi connectivity index (χ4v) is 4.05. The van der Waals surface area contributed by atoms with Crippen molar-refractivity contribution in [2.24, 2.45) is 0 Å². The normalized spacial score (nSPS) is 11.1. The van der Waals surface area contributed by atoms with E-state index in [-0.39, 0.29) is 18.3 Å². The van der Waals surface area contributed by atoms with Crippen molar-refractivity contribution < 1.29 is 22.3 Å². The fraction of sp³-hybridized carbons (Fsp3) is 0.208. The topological polar surface area (TPSA) is 75.7 Å². The van der Waals surface area contributed by atoms with E-state index in [1.807, 2.05) is 0 Å². The van der Waals surface area contributed by atoms with Gasteiger partial charge in [0, 0.05) is 18.2 Å². The maximum atomic E-state index is 13.0. The third-order valence-corrected chi connectivity index (χ3v) is 6.04. The minimum absolute atomic E-state index is 0.123. The summed E-state index contributed by atoms with van der Waals surface area (Å²) >= 11 is 0. The lowest BCUT2D eigenvalue weighted by molar-refractivity contribution is 0.0954. The average Bonchev–Trinajstić information content (AvgIpc) is 2.78. The second-order valence-corrected chi connectivity index (χ2v) is 9.21. The summed E-state index contributed by atoms with van der Waals surface area (Å²) in [6.07, 6.45) is 1.74. The summed E-state index contributed by atoms with van der Waals surface area (Å²) in [7, 11) is -2.01. The first kappa shape index (κ1) is 23.3. The molecule has 3 rings (SSSR count). The maximum Gasteiger partial charge on any atom is 0.251 e. The molecule has 0 aliphatic carbocycles. The Morgan fingerprint density at radius 1 is 1.00 bits per heavy atom. The number of hydrogen-bond donors (Lipinski definition) is 1. The van der Waals surface area contributed by atoms with Crippen LogP contribution >= 0.6 is 0 Å². The standard InChI is InChI=1S/C24H25FN2O4S/c1-31-23-5-3-4-22(16-23)27(32(2,29)30)17-19-6-10-20(11-7-19)24(28)26-15-14-18-8-12-21(25)13-9-18/h3-13,16H,14-15,17H2,1-2H3,(H,26,28). The maximum absolute atomic E-state index is 13.0. The van der Waals surface area contributed by atoms with Gasteiger partial charge in [-0.3, -0.25) is 9.10 Å². The van der Waals surface area contributed by atoms with Crippen LogP contribution in [0, 0.1) is 5.82 Å². The molecule has 0 heterocycles. The predicted molar refractivity (Wildman–Crippen MR) is 123 cm³/mol. The van der Waals surface area contributed by atoms with Crippen LogP contribution in [0.4, 0.5) is 10.1 Å². The molecule has 0 aliphatic rings. The lowest BCUT2D eigenvalue weighted by Crippen LogP contribution is -2.29. The van der Waals surface area contributed by atoms with Crippen molar-refractivity contribution in [2.75, 3.05) is 24.2 Å². The summed E-state index contributed by atoms with van der Waals surface area (Å²) in [6.45, 7) is 0.544. The SMILES string of the molecule is COc1cccc(N(Cc2ccc(C(=O)NCCc3ccc(F)cc3)cc2)S(C)(=O)=O)c1. The van der Waals surface area contributed by atoms with E-state index in [9.17, 15) is 17.6 Å². The highest BCUT2D eigenvalue weighted by molar-refractivity contribution is 7.92. The molecule has 3 aromatic rings. The molecule has 0 unspecified atom stereocenters. The molecule has 1 N–H and O–H groups in total. The molecule has 1 amide bonds. The first-order chi connectivity index (χ1) is 15.3. The van der Waals surface area contributed by atoms with Crippen molar-refractivity contribution in [3.8, 4) is 5.75 Å². The van der Waals surface area contributed by atoms with Crippen molar-refractivity contribution in [3.05, 3.63) is 95.3 Å². The van der Waals surface area contributed by atoms with Crippen LogP contribution in [0.2, 0.25) is 0 Å². The average molecular weight is 457 g/mol. The molecular weight excluding hydrogens is 431 g/mol. The Bertz CT molecular complexity index is 1160. The van der Waals surface area contributed by atoms with Crippen molar-refractivity contribution in [3.63, 3.8) is 0 Å². The molecule has 0 bridgehead atoms. The van der Waals surface area contributed by atoms with Gasteiger partial charge in [0.2, 0.25) is 10.0 Å². The zero-order chi connectivity index (χ0) is 23.1. The lowest BCUT2D eigenvalue weighted by atomic mass is 10.1. The molecule has 8 heteroatoms. The number of nitrogens with one attached hydrogen (secondary N) is 1. The molecule has 168 valence electrons. The molecule has 3 aromatic carbocycles. The number of amides is 1. The summed E-state index contributed by atoms with van der Waals surface area (Å²) in [4.78, 5) is 12.4. The van der Waals surface area contributed by atoms with Gasteiger partial charge in [0.25, 0.3) is 5.91 Å². The van der Waals surface area contributed by atoms with Gasteiger partial charge in [-0.2, -0.15) is 0 Å². The number of sulfonamides is 1. The van der Waals surface area contributed by atoms with E-state index in [0.717, 1.165) is 17.4 Å². The summed E-state index contributed by atoms with van der Waals surface area (Å²) in [6, 6.07) is 19.8. The molecular formula is C24H25FN2O4S. The van der Waals surface area contributed by atoms with Crippen LogP contribution in [0.5, 0.6) is 5.75 Å². The summed E-state index contributed by atoms with van der Waals surface area (Å²) in [5.74, 6) is 0.0361. The zero-order valence-electron chi connectivity index (χ0n) is 17.9. The number of hydrogen-bond acceptors (Lipinski definition) is 4. The quantitative estimate of drug-likeness (QED) is 0.532. The predicted octanol–water partition coefficient (Wildman–Crippen LogP) is 3.77. The third-order valence-electron chi connectivity index (χ3n) is 4.90. The summed E-state index contributed by atoms with van der Waals surface area (Å²) in [5.41, 5.74) is 2.64. The Morgan fingerprint density at radius 2 is 1.66 bits per heavy atom. The Hall–Kier alpha value is -3.39. The van der Waals surface area contributed by atoms with Gasteiger partial charge in [0.05, 0.1) is 25.6 Å². The molecule has 0 saturated heterocycles. The third kappa shape index (κ3) is 6.31. The smallest absolute Gasteiger partial charge is 0.251 e. The highest BCUT2D eigenvalue weighted by Gasteiger charge is 2.18. The zero-order valence-corrected chi connectivity index (χ0v) is 18.7. The van der Waals surface area contributed by atoms with Crippen LogP contribution in [0.15, 0.2) is 72.8 Å². The van der Waals surface area contributed by atoms with Gasteiger partial charge >= 0.3 is 0 Å². The van der Waals surface area contributed by atoms with Gasteiger partial charge in [0.1, 0.15) is 11.6 Å². The van der Waals surface area contributed by atoms with Crippen LogP contribution in [0.3, 0.4) is 0 Å². The number of carbonyl (C=O) groups is 1. The second-order valence-electron chi connectivity index (χ2n) is 7.30. The number of nitrogens with zero attached hydrogens (tertiary/aromatic N) is 1. The first-order valence-electron chi connectivity index (χ1n) is 9.99. The van der Waals surface area contributed by atoms with E-state index in [0.29, 0.717) is 30.0 Å². The molecule has 0 saturated carbocycles. The van der Waals surface area contributed by atoms with Crippen LogP contribution in [0.25, 0.3) is 0 Å². The number of halogens is 1. The number of ether oxygens (including phenoxy) is 1. The Kier molecular flexibility index (Phi) is 7.48. The first-order valence-corrected chi connectivity index (χ1v) is 11.8. The number of rotatable bonds is 9. The monoisotopic (exact) mass is 456 g/mol. The Morgan fingerprint density at radius 3 is 2.28 bits per heavy atom. The number of methoxy groups -OCH3 is 1. The van der Waals surface area contributed by atoms with Crippen LogP contribution in [-0.2, 0) is 23.0 Å². The molecule has 0 fully saturated rings. The van der Waals surface area contributed by atoms with E-state index >= 15 is 0 Å². The van der Waals surface area contributed by atoms with Gasteiger partial charge in [-0.05, 0) is 53.9 Å². The van der Waals surface area contributed by atoms with Gasteiger partial charge < -0.3 is 10.1 Å². The Labute approximate surface area is 187 Å². The van der Waals surface area contributed by atoms with Crippen molar-refractivity contribution in [1.82, 2.24) is 5.32 Å².